The van der Waals surface area contributed by atoms with E-state index in [1.165, 1.54) is 25.0 Å². The third kappa shape index (κ3) is 2.52. The van der Waals surface area contributed by atoms with E-state index in [2.05, 4.69) is 4.90 Å². The Balaban J connectivity index is 1.90. The third-order valence-corrected chi connectivity index (χ3v) is 4.70. The van der Waals surface area contributed by atoms with Gasteiger partial charge in [-0.05, 0) is 37.8 Å². The number of pyridine rings is 1. The molecule has 2 heterocycles. The van der Waals surface area contributed by atoms with Gasteiger partial charge in [0.05, 0.1) is 17.2 Å². The van der Waals surface area contributed by atoms with E-state index in [0.717, 1.165) is 18.3 Å². The second-order valence-electron chi connectivity index (χ2n) is 6.61. The highest BCUT2D eigenvalue weighted by Gasteiger charge is 2.35. The van der Waals surface area contributed by atoms with Crippen molar-refractivity contribution < 1.29 is 17.9 Å². The molecule has 128 valence electrons. The summed E-state index contributed by atoms with van der Waals surface area (Å²) in [6.45, 7) is 3.36. The number of fused-ring (bicyclic) bond motifs is 2. The van der Waals surface area contributed by atoms with Crippen molar-refractivity contribution in [2.75, 3.05) is 18.1 Å². The van der Waals surface area contributed by atoms with E-state index >= 15 is 0 Å². The highest BCUT2D eigenvalue weighted by Crippen LogP contribution is 2.41. The molecule has 0 amide bonds. The molecule has 1 aromatic carbocycles. The first-order chi connectivity index (χ1) is 11.3. The van der Waals surface area contributed by atoms with Gasteiger partial charge in [0.2, 0.25) is 0 Å². The molecule has 1 atom stereocenters. The van der Waals surface area contributed by atoms with Crippen LogP contribution in [0.3, 0.4) is 0 Å². The quantitative estimate of drug-likeness (QED) is 0.841. The SMILES string of the molecule is CC1COc2cc3c(ccc(=O)n3C(F)(F)F)cc2N1CC1CC1. The summed E-state index contributed by atoms with van der Waals surface area (Å²) in [5.74, 6) is 1.06. The maximum absolute atomic E-state index is 13.2. The molecular weight excluding hydrogens is 321 g/mol. The van der Waals surface area contributed by atoms with Gasteiger partial charge in [-0.2, -0.15) is 0 Å². The van der Waals surface area contributed by atoms with Crippen LogP contribution in [0, 0.1) is 5.92 Å². The first-order valence-corrected chi connectivity index (χ1v) is 8.01. The fourth-order valence-electron chi connectivity index (χ4n) is 3.25. The summed E-state index contributed by atoms with van der Waals surface area (Å²) in [6.07, 6.45) is -2.37. The molecule has 1 saturated carbocycles. The zero-order chi connectivity index (χ0) is 17.1. The number of anilines is 1. The Labute approximate surface area is 136 Å². The Morgan fingerprint density at radius 1 is 1.25 bits per heavy atom. The van der Waals surface area contributed by atoms with Crippen LogP contribution in [-0.4, -0.2) is 23.8 Å². The van der Waals surface area contributed by atoms with E-state index in [9.17, 15) is 18.0 Å². The van der Waals surface area contributed by atoms with Gasteiger partial charge in [-0.3, -0.25) is 4.79 Å². The highest BCUT2D eigenvalue weighted by molar-refractivity contribution is 5.87. The lowest BCUT2D eigenvalue weighted by Crippen LogP contribution is -2.42. The van der Waals surface area contributed by atoms with Crippen molar-refractivity contribution in [1.82, 2.24) is 4.57 Å². The van der Waals surface area contributed by atoms with E-state index in [-0.39, 0.29) is 16.1 Å². The molecule has 0 bridgehead atoms. The van der Waals surface area contributed by atoms with Gasteiger partial charge < -0.3 is 9.64 Å². The Morgan fingerprint density at radius 3 is 2.67 bits per heavy atom. The van der Waals surface area contributed by atoms with E-state index in [1.807, 2.05) is 6.92 Å². The second-order valence-corrected chi connectivity index (χ2v) is 6.61. The average molecular weight is 338 g/mol. The topological polar surface area (TPSA) is 34.5 Å². The lowest BCUT2D eigenvalue weighted by molar-refractivity contribution is -0.202. The smallest absolute Gasteiger partial charge is 0.489 e. The van der Waals surface area contributed by atoms with Gasteiger partial charge in [0.15, 0.2) is 0 Å². The number of benzene rings is 1. The summed E-state index contributed by atoms with van der Waals surface area (Å²) in [5.41, 5.74) is -0.454. The van der Waals surface area contributed by atoms with Crippen LogP contribution >= 0.6 is 0 Å². The van der Waals surface area contributed by atoms with Crippen molar-refractivity contribution >= 4 is 16.6 Å². The van der Waals surface area contributed by atoms with Crippen molar-refractivity contribution in [1.29, 1.82) is 0 Å². The molecule has 24 heavy (non-hydrogen) atoms. The van der Waals surface area contributed by atoms with Crippen molar-refractivity contribution in [2.24, 2.45) is 5.92 Å². The normalized spacial score (nSPS) is 20.8. The number of halogens is 3. The minimum atomic E-state index is -4.76. The van der Waals surface area contributed by atoms with Crippen molar-refractivity contribution in [3.63, 3.8) is 0 Å². The summed E-state index contributed by atoms with van der Waals surface area (Å²) in [6, 6.07) is 5.61. The van der Waals surface area contributed by atoms with Gasteiger partial charge in [0.25, 0.3) is 5.56 Å². The van der Waals surface area contributed by atoms with Crippen LogP contribution in [0.25, 0.3) is 10.9 Å². The average Bonchev–Trinajstić information content (AvgIpc) is 3.31. The summed E-state index contributed by atoms with van der Waals surface area (Å²) in [5, 5.41) is 0.379. The summed E-state index contributed by atoms with van der Waals surface area (Å²) >= 11 is 0. The molecule has 1 unspecified atom stereocenters. The predicted octanol–water partition coefficient (Wildman–Crippen LogP) is 3.48. The molecule has 1 aromatic heterocycles. The van der Waals surface area contributed by atoms with Gasteiger partial charge in [0.1, 0.15) is 12.4 Å². The molecule has 7 heteroatoms. The maximum Gasteiger partial charge on any atom is 0.491 e. The van der Waals surface area contributed by atoms with Crippen molar-refractivity contribution in [3.8, 4) is 5.75 Å². The molecule has 2 aromatic rings. The fraction of sp³-hybridized carbons (Fsp3) is 0.471. The third-order valence-electron chi connectivity index (χ3n) is 4.70. The fourth-order valence-corrected chi connectivity index (χ4v) is 3.25. The van der Waals surface area contributed by atoms with Gasteiger partial charge in [-0.25, -0.2) is 4.57 Å². The monoisotopic (exact) mass is 338 g/mol. The van der Waals surface area contributed by atoms with Crippen LogP contribution in [0.1, 0.15) is 19.8 Å². The van der Waals surface area contributed by atoms with Crippen LogP contribution in [-0.2, 0) is 6.30 Å². The van der Waals surface area contributed by atoms with Crippen LogP contribution in [0.15, 0.2) is 29.1 Å². The first kappa shape index (κ1) is 15.4. The minimum Gasteiger partial charge on any atom is -0.489 e. The van der Waals surface area contributed by atoms with Gasteiger partial charge in [0, 0.05) is 24.1 Å². The zero-order valence-electron chi connectivity index (χ0n) is 13.1. The number of hydrogen-bond acceptors (Lipinski definition) is 3. The van der Waals surface area contributed by atoms with Crippen molar-refractivity contribution in [3.05, 3.63) is 34.6 Å². The molecular formula is C17H17F3N2O2. The summed E-state index contributed by atoms with van der Waals surface area (Å²) in [4.78, 5) is 13.9. The van der Waals surface area contributed by atoms with E-state index < -0.39 is 11.9 Å². The number of alkyl halides is 3. The molecule has 0 spiro atoms. The summed E-state index contributed by atoms with van der Waals surface area (Å²) < 4.78 is 45.3. The second kappa shape index (κ2) is 5.16. The van der Waals surface area contributed by atoms with Gasteiger partial charge in [-0.15, -0.1) is 13.2 Å². The summed E-state index contributed by atoms with van der Waals surface area (Å²) in [7, 11) is 0. The lowest BCUT2D eigenvalue weighted by Gasteiger charge is -2.37. The van der Waals surface area contributed by atoms with Crippen LogP contribution < -0.4 is 15.2 Å². The van der Waals surface area contributed by atoms with Crippen LogP contribution in [0.2, 0.25) is 0 Å². The van der Waals surface area contributed by atoms with Crippen molar-refractivity contribution in [2.45, 2.75) is 32.1 Å². The van der Waals surface area contributed by atoms with E-state index in [1.54, 1.807) is 6.07 Å². The Kier molecular flexibility index (Phi) is 3.30. The lowest BCUT2D eigenvalue weighted by atomic mass is 10.1. The molecule has 0 N–H and O–H groups in total. The standard InChI is InChI=1S/C17H17F3N2O2/c1-10-9-24-15-7-13-12(4-5-16(23)22(13)17(18,19)20)6-14(15)21(10)8-11-2-3-11/h4-7,10-11H,2-3,8-9H2,1H3. The maximum atomic E-state index is 13.2. The number of nitrogens with zero attached hydrogens (tertiary/aromatic N) is 2. The number of hydrogen-bond donors (Lipinski definition) is 0. The number of rotatable bonds is 2. The highest BCUT2D eigenvalue weighted by atomic mass is 19.4. The molecule has 1 fully saturated rings. The Morgan fingerprint density at radius 2 is 2.00 bits per heavy atom. The van der Waals surface area contributed by atoms with E-state index in [0.29, 0.717) is 23.7 Å². The largest absolute Gasteiger partial charge is 0.491 e. The zero-order valence-corrected chi connectivity index (χ0v) is 13.1. The van der Waals surface area contributed by atoms with Crippen LogP contribution in [0.5, 0.6) is 5.75 Å². The predicted molar refractivity (Wildman–Crippen MR) is 84.5 cm³/mol. The molecule has 2 aliphatic rings. The molecule has 4 nitrogen and oxygen atoms in total. The number of ether oxygens (including phenoxy) is 1. The molecule has 0 radical (unpaired) electrons. The molecule has 4 rings (SSSR count). The Bertz CT molecular complexity index is 855. The number of aromatic nitrogens is 1. The Hall–Kier alpha value is -2.18. The minimum absolute atomic E-state index is 0.130. The first-order valence-electron chi connectivity index (χ1n) is 8.01. The van der Waals surface area contributed by atoms with Gasteiger partial charge >= 0.3 is 6.30 Å². The van der Waals surface area contributed by atoms with Gasteiger partial charge in [-0.1, -0.05) is 0 Å². The molecule has 1 aliphatic carbocycles. The molecule has 1 aliphatic heterocycles. The van der Waals surface area contributed by atoms with Crippen LogP contribution in [0.4, 0.5) is 18.9 Å². The van der Waals surface area contributed by atoms with E-state index in [4.69, 9.17) is 4.74 Å². The molecule has 0 saturated heterocycles.